The highest BCUT2D eigenvalue weighted by atomic mass is 15.1. The van der Waals surface area contributed by atoms with Crippen LogP contribution in [-0.2, 0) is 13.1 Å². The van der Waals surface area contributed by atoms with Crippen LogP contribution in [0.15, 0.2) is 48.7 Å². The fourth-order valence-corrected chi connectivity index (χ4v) is 2.03. The van der Waals surface area contributed by atoms with E-state index in [9.17, 15) is 0 Å². The topological polar surface area (TPSA) is 42.2 Å². The third kappa shape index (κ3) is 2.87. The predicted molar refractivity (Wildman–Crippen MR) is 75.3 cm³/mol. The van der Waals surface area contributed by atoms with Crippen LogP contribution in [0, 0.1) is 0 Å². The summed E-state index contributed by atoms with van der Waals surface area (Å²) in [6.45, 7) is 4.46. The minimum atomic E-state index is 0.489. The highest BCUT2D eigenvalue weighted by Gasteiger charge is 2.08. The molecule has 1 aromatic heterocycles. The monoisotopic (exact) mass is 241 g/mol. The number of anilines is 1. The highest BCUT2D eigenvalue weighted by molar-refractivity contribution is 5.46. The summed E-state index contributed by atoms with van der Waals surface area (Å²) in [4.78, 5) is 6.64. The second-order valence-corrected chi connectivity index (χ2v) is 4.16. The van der Waals surface area contributed by atoms with Gasteiger partial charge < -0.3 is 10.6 Å². The van der Waals surface area contributed by atoms with Crippen LogP contribution >= 0.6 is 0 Å². The molecule has 0 aliphatic carbocycles. The average molecular weight is 241 g/mol. The van der Waals surface area contributed by atoms with Crippen molar-refractivity contribution in [3.8, 4) is 0 Å². The van der Waals surface area contributed by atoms with E-state index in [1.54, 1.807) is 6.20 Å². The Bertz CT molecular complexity index is 482. The number of pyridine rings is 1. The van der Waals surface area contributed by atoms with Crippen LogP contribution in [0.1, 0.15) is 18.2 Å². The van der Waals surface area contributed by atoms with E-state index >= 15 is 0 Å². The molecule has 2 rings (SSSR count). The predicted octanol–water partition coefficient (Wildman–Crippen LogP) is 2.57. The molecule has 0 saturated carbocycles. The molecule has 18 heavy (non-hydrogen) atoms. The summed E-state index contributed by atoms with van der Waals surface area (Å²) < 4.78 is 0. The van der Waals surface area contributed by atoms with Crippen LogP contribution in [0.2, 0.25) is 0 Å². The van der Waals surface area contributed by atoms with E-state index in [1.165, 1.54) is 11.3 Å². The van der Waals surface area contributed by atoms with Gasteiger partial charge in [0.25, 0.3) is 0 Å². The molecule has 0 aliphatic heterocycles. The van der Waals surface area contributed by atoms with Gasteiger partial charge in [0.1, 0.15) is 0 Å². The lowest BCUT2D eigenvalue weighted by Crippen LogP contribution is -2.23. The van der Waals surface area contributed by atoms with Crippen molar-refractivity contribution in [3.63, 3.8) is 0 Å². The second kappa shape index (κ2) is 6.17. The van der Waals surface area contributed by atoms with E-state index in [1.807, 2.05) is 12.1 Å². The third-order valence-electron chi connectivity index (χ3n) is 3.04. The van der Waals surface area contributed by atoms with Crippen molar-refractivity contribution >= 4 is 5.69 Å². The fraction of sp³-hybridized carbons (Fsp3) is 0.267. The van der Waals surface area contributed by atoms with Gasteiger partial charge in [-0.15, -0.1) is 0 Å². The summed E-state index contributed by atoms with van der Waals surface area (Å²) in [5, 5.41) is 0. The van der Waals surface area contributed by atoms with Crippen molar-refractivity contribution in [2.75, 3.05) is 11.4 Å². The molecule has 1 aromatic carbocycles. The van der Waals surface area contributed by atoms with Crippen LogP contribution < -0.4 is 10.6 Å². The number of nitrogens with two attached hydrogens (primary N) is 1. The molecule has 0 fully saturated rings. The smallest absolute Gasteiger partial charge is 0.0589 e. The number of aromatic nitrogens is 1. The Kier molecular flexibility index (Phi) is 4.31. The molecule has 0 amide bonds. The van der Waals surface area contributed by atoms with Crippen molar-refractivity contribution in [1.82, 2.24) is 4.98 Å². The average Bonchev–Trinajstić information content (AvgIpc) is 2.46. The number of hydrogen-bond donors (Lipinski definition) is 1. The molecule has 0 radical (unpaired) electrons. The molecule has 2 aromatic rings. The van der Waals surface area contributed by atoms with E-state index in [2.05, 4.69) is 47.1 Å². The van der Waals surface area contributed by atoms with Gasteiger partial charge in [0.05, 0.1) is 5.69 Å². The zero-order chi connectivity index (χ0) is 12.8. The van der Waals surface area contributed by atoms with E-state index in [0.29, 0.717) is 6.54 Å². The Morgan fingerprint density at radius 3 is 2.56 bits per heavy atom. The van der Waals surface area contributed by atoms with Crippen molar-refractivity contribution in [2.45, 2.75) is 20.0 Å². The van der Waals surface area contributed by atoms with E-state index in [0.717, 1.165) is 18.8 Å². The van der Waals surface area contributed by atoms with Crippen LogP contribution in [0.3, 0.4) is 0 Å². The zero-order valence-electron chi connectivity index (χ0n) is 10.7. The van der Waals surface area contributed by atoms with Crippen molar-refractivity contribution in [2.24, 2.45) is 5.73 Å². The van der Waals surface area contributed by atoms with Gasteiger partial charge in [-0.25, -0.2) is 0 Å². The molecule has 94 valence electrons. The van der Waals surface area contributed by atoms with Crippen molar-refractivity contribution in [1.29, 1.82) is 0 Å². The quantitative estimate of drug-likeness (QED) is 0.874. The first-order valence-corrected chi connectivity index (χ1v) is 6.28. The minimum Gasteiger partial charge on any atom is -0.367 e. The number of rotatable bonds is 5. The van der Waals surface area contributed by atoms with Gasteiger partial charge in [-0.3, -0.25) is 4.98 Å². The highest BCUT2D eigenvalue weighted by Crippen LogP contribution is 2.17. The first kappa shape index (κ1) is 12.6. The summed E-state index contributed by atoms with van der Waals surface area (Å²) in [6, 6.07) is 14.5. The molecular formula is C15H19N3. The Balaban J connectivity index is 2.21. The number of benzene rings is 1. The summed E-state index contributed by atoms with van der Waals surface area (Å²) in [6.07, 6.45) is 1.80. The molecule has 0 saturated heterocycles. The second-order valence-electron chi connectivity index (χ2n) is 4.16. The van der Waals surface area contributed by atoms with Gasteiger partial charge in [0, 0.05) is 31.5 Å². The van der Waals surface area contributed by atoms with Crippen LogP contribution in [0.4, 0.5) is 5.69 Å². The summed E-state index contributed by atoms with van der Waals surface area (Å²) in [5.41, 5.74) is 9.13. The van der Waals surface area contributed by atoms with E-state index < -0.39 is 0 Å². The number of para-hydroxylation sites is 1. The standard InChI is InChI=1S/C15H19N3/c1-2-18(14-8-4-3-5-9-14)12-13-7-6-10-17-15(13)11-16/h3-10H,2,11-12,16H2,1H3. The molecule has 1 heterocycles. The maximum Gasteiger partial charge on any atom is 0.0589 e. The van der Waals surface area contributed by atoms with E-state index in [-0.39, 0.29) is 0 Å². The van der Waals surface area contributed by atoms with Gasteiger partial charge in [-0.1, -0.05) is 24.3 Å². The van der Waals surface area contributed by atoms with Gasteiger partial charge in [-0.05, 0) is 30.7 Å². The maximum atomic E-state index is 5.73. The number of nitrogens with zero attached hydrogens (tertiary/aromatic N) is 2. The SMILES string of the molecule is CCN(Cc1cccnc1CN)c1ccccc1. The van der Waals surface area contributed by atoms with Crippen molar-refractivity contribution < 1.29 is 0 Å². The molecule has 3 nitrogen and oxygen atoms in total. The summed E-state index contributed by atoms with van der Waals surface area (Å²) in [5.74, 6) is 0. The number of hydrogen-bond acceptors (Lipinski definition) is 3. The van der Waals surface area contributed by atoms with Gasteiger partial charge in [0.2, 0.25) is 0 Å². The molecule has 2 N–H and O–H groups in total. The maximum absolute atomic E-state index is 5.73. The fourth-order valence-electron chi connectivity index (χ4n) is 2.03. The molecule has 0 unspecified atom stereocenters. The van der Waals surface area contributed by atoms with E-state index in [4.69, 9.17) is 5.73 Å². The lowest BCUT2D eigenvalue weighted by molar-refractivity contribution is 0.808. The minimum absolute atomic E-state index is 0.489. The summed E-state index contributed by atoms with van der Waals surface area (Å²) in [7, 11) is 0. The Hall–Kier alpha value is -1.87. The van der Waals surface area contributed by atoms with Crippen LogP contribution in [0.5, 0.6) is 0 Å². The Morgan fingerprint density at radius 1 is 1.11 bits per heavy atom. The van der Waals surface area contributed by atoms with Crippen molar-refractivity contribution in [3.05, 3.63) is 59.9 Å². The molecule has 0 aliphatic rings. The summed E-state index contributed by atoms with van der Waals surface area (Å²) >= 11 is 0. The molecule has 0 bridgehead atoms. The molecule has 3 heteroatoms. The molecule has 0 spiro atoms. The van der Waals surface area contributed by atoms with Crippen LogP contribution in [0.25, 0.3) is 0 Å². The first-order valence-electron chi connectivity index (χ1n) is 6.28. The Labute approximate surface area is 108 Å². The largest absolute Gasteiger partial charge is 0.367 e. The normalized spacial score (nSPS) is 10.3. The van der Waals surface area contributed by atoms with Crippen LogP contribution in [-0.4, -0.2) is 11.5 Å². The Morgan fingerprint density at radius 2 is 1.89 bits per heavy atom. The van der Waals surface area contributed by atoms with Gasteiger partial charge in [-0.2, -0.15) is 0 Å². The van der Waals surface area contributed by atoms with Gasteiger partial charge in [0.15, 0.2) is 0 Å². The van der Waals surface area contributed by atoms with Gasteiger partial charge >= 0.3 is 0 Å². The lowest BCUT2D eigenvalue weighted by Gasteiger charge is -2.24. The lowest BCUT2D eigenvalue weighted by atomic mass is 10.1. The first-order chi connectivity index (χ1) is 8.85. The molecule has 0 atom stereocenters. The third-order valence-corrected chi connectivity index (χ3v) is 3.04. The zero-order valence-corrected chi connectivity index (χ0v) is 10.7. The molecular weight excluding hydrogens is 222 g/mol.